The molecule has 0 bridgehead atoms. The van der Waals surface area contributed by atoms with Gasteiger partial charge >= 0.3 is 5.97 Å². The Morgan fingerprint density at radius 3 is 2.31 bits per heavy atom. The topological polar surface area (TPSA) is 56.8 Å². The van der Waals surface area contributed by atoms with E-state index < -0.39 is 0 Å². The van der Waals surface area contributed by atoms with Crippen LogP contribution in [0.1, 0.15) is 28.2 Å². The summed E-state index contributed by atoms with van der Waals surface area (Å²) in [5.74, 6) is 0.885. The monoisotopic (exact) mass is 351 g/mol. The van der Waals surface area contributed by atoms with Crippen molar-refractivity contribution in [3.05, 3.63) is 63.9 Å². The van der Waals surface area contributed by atoms with E-state index in [1.54, 1.807) is 14.2 Å². The predicted molar refractivity (Wildman–Crippen MR) is 98.9 cm³/mol. The summed E-state index contributed by atoms with van der Waals surface area (Å²) in [6.45, 7) is 4.44. The van der Waals surface area contributed by atoms with Crippen molar-refractivity contribution in [2.24, 2.45) is 0 Å². The van der Waals surface area contributed by atoms with E-state index in [-0.39, 0.29) is 18.5 Å². The Hall–Kier alpha value is -2.95. The molecule has 1 N–H and O–H groups in total. The summed E-state index contributed by atoms with van der Waals surface area (Å²) >= 11 is 0. The third kappa shape index (κ3) is 2.51. The van der Waals surface area contributed by atoms with Crippen LogP contribution in [0.3, 0.4) is 0 Å². The first-order valence-corrected chi connectivity index (χ1v) is 8.53. The zero-order chi connectivity index (χ0) is 18.4. The molecule has 2 aromatic carbocycles. The Labute approximate surface area is 152 Å². The van der Waals surface area contributed by atoms with Crippen LogP contribution in [0, 0.1) is 13.8 Å². The van der Waals surface area contributed by atoms with E-state index in [0.29, 0.717) is 17.1 Å². The van der Waals surface area contributed by atoms with Crippen LogP contribution in [0.15, 0.2) is 41.6 Å². The van der Waals surface area contributed by atoms with Crippen molar-refractivity contribution in [1.82, 2.24) is 0 Å². The van der Waals surface area contributed by atoms with Gasteiger partial charge in [0.2, 0.25) is 0 Å². The first-order valence-electron chi connectivity index (χ1n) is 8.53. The van der Waals surface area contributed by atoms with Gasteiger partial charge in [0, 0.05) is 17.7 Å². The van der Waals surface area contributed by atoms with Gasteiger partial charge in [0.25, 0.3) is 0 Å². The number of nitrogens with one attached hydrogen (secondary N) is 1. The van der Waals surface area contributed by atoms with Gasteiger partial charge in [-0.2, -0.15) is 0 Å². The van der Waals surface area contributed by atoms with E-state index in [1.165, 1.54) is 11.1 Å². The molecule has 5 heteroatoms. The van der Waals surface area contributed by atoms with E-state index in [2.05, 4.69) is 31.3 Å². The molecule has 0 radical (unpaired) electrons. The summed E-state index contributed by atoms with van der Waals surface area (Å²) in [5.41, 5.74) is 6.89. The van der Waals surface area contributed by atoms with Gasteiger partial charge in [-0.3, -0.25) is 0 Å². The lowest BCUT2D eigenvalue weighted by Gasteiger charge is -2.28. The molecule has 0 aromatic heterocycles. The molecule has 2 aromatic rings. The Bertz CT molecular complexity index is 923. The Kier molecular flexibility index (Phi) is 3.87. The zero-order valence-corrected chi connectivity index (χ0v) is 15.3. The van der Waals surface area contributed by atoms with Gasteiger partial charge in [-0.15, -0.1) is 0 Å². The van der Waals surface area contributed by atoms with Crippen LogP contribution < -0.4 is 14.8 Å². The second kappa shape index (κ2) is 6.09. The van der Waals surface area contributed by atoms with Crippen molar-refractivity contribution in [1.29, 1.82) is 0 Å². The van der Waals surface area contributed by atoms with Crippen LogP contribution in [-0.2, 0) is 9.53 Å². The van der Waals surface area contributed by atoms with E-state index in [4.69, 9.17) is 14.2 Å². The SMILES string of the molecule is COc1cc(OC)cc(C2C3=C(COC3=O)Nc3cc(C)c(C)cc32)c1. The molecule has 2 aliphatic rings. The van der Waals surface area contributed by atoms with Crippen LogP contribution in [0.4, 0.5) is 5.69 Å². The van der Waals surface area contributed by atoms with Crippen LogP contribution in [0.5, 0.6) is 11.5 Å². The fraction of sp³-hybridized carbons (Fsp3) is 0.286. The molecule has 1 unspecified atom stereocenters. The fourth-order valence-corrected chi connectivity index (χ4v) is 3.66. The number of benzene rings is 2. The van der Waals surface area contributed by atoms with Crippen molar-refractivity contribution in [2.75, 3.05) is 26.1 Å². The number of fused-ring (bicyclic) bond motifs is 1. The molecule has 4 rings (SSSR count). The molecule has 1 atom stereocenters. The highest BCUT2D eigenvalue weighted by Crippen LogP contribution is 2.46. The molecule has 0 saturated carbocycles. The van der Waals surface area contributed by atoms with Crippen molar-refractivity contribution in [3.8, 4) is 11.5 Å². The average molecular weight is 351 g/mol. The average Bonchev–Trinajstić information content (AvgIpc) is 3.01. The number of cyclic esters (lactones) is 1. The zero-order valence-electron chi connectivity index (χ0n) is 15.3. The summed E-state index contributed by atoms with van der Waals surface area (Å²) in [5, 5.41) is 3.39. The molecular weight excluding hydrogens is 330 g/mol. The maximum absolute atomic E-state index is 12.5. The minimum atomic E-state index is -0.275. The first kappa shape index (κ1) is 16.5. The van der Waals surface area contributed by atoms with Gasteiger partial charge in [-0.1, -0.05) is 6.07 Å². The quantitative estimate of drug-likeness (QED) is 0.855. The maximum atomic E-state index is 12.5. The molecule has 5 nitrogen and oxygen atoms in total. The van der Waals surface area contributed by atoms with Crippen molar-refractivity contribution in [2.45, 2.75) is 19.8 Å². The predicted octanol–water partition coefficient (Wildman–Crippen LogP) is 3.69. The van der Waals surface area contributed by atoms with Crippen molar-refractivity contribution >= 4 is 11.7 Å². The summed E-state index contributed by atoms with van der Waals surface area (Å²) in [6, 6.07) is 10.0. The van der Waals surface area contributed by atoms with E-state index in [1.807, 2.05) is 18.2 Å². The fourth-order valence-electron chi connectivity index (χ4n) is 3.66. The van der Waals surface area contributed by atoms with E-state index in [9.17, 15) is 4.79 Å². The highest BCUT2D eigenvalue weighted by Gasteiger charge is 2.38. The lowest BCUT2D eigenvalue weighted by Crippen LogP contribution is -2.20. The lowest BCUT2D eigenvalue weighted by molar-refractivity contribution is -0.136. The van der Waals surface area contributed by atoms with Crippen LogP contribution >= 0.6 is 0 Å². The summed E-state index contributed by atoms with van der Waals surface area (Å²) in [6.07, 6.45) is 0. The molecule has 0 amide bonds. The molecular formula is C21H21NO4. The third-order valence-electron chi connectivity index (χ3n) is 5.15. The normalized spacial score (nSPS) is 18.0. The summed E-state index contributed by atoms with van der Waals surface area (Å²) < 4.78 is 16.2. The second-order valence-corrected chi connectivity index (χ2v) is 6.70. The Morgan fingerprint density at radius 1 is 1.00 bits per heavy atom. The summed E-state index contributed by atoms with van der Waals surface area (Å²) in [4.78, 5) is 12.5. The molecule has 2 heterocycles. The summed E-state index contributed by atoms with van der Waals surface area (Å²) in [7, 11) is 3.24. The molecule has 0 aliphatic carbocycles. The minimum absolute atomic E-state index is 0.223. The van der Waals surface area contributed by atoms with Gasteiger partial charge in [0.1, 0.15) is 18.1 Å². The maximum Gasteiger partial charge on any atom is 0.337 e. The van der Waals surface area contributed by atoms with Gasteiger partial charge in [0.15, 0.2) is 0 Å². The van der Waals surface area contributed by atoms with Crippen LogP contribution in [0.25, 0.3) is 0 Å². The molecule has 2 aliphatic heterocycles. The molecule has 134 valence electrons. The number of anilines is 1. The van der Waals surface area contributed by atoms with Gasteiger partial charge in [-0.05, 0) is 54.3 Å². The highest BCUT2D eigenvalue weighted by molar-refractivity contribution is 5.97. The highest BCUT2D eigenvalue weighted by atomic mass is 16.5. The Balaban J connectivity index is 1.96. The van der Waals surface area contributed by atoms with Crippen molar-refractivity contribution in [3.63, 3.8) is 0 Å². The third-order valence-corrected chi connectivity index (χ3v) is 5.15. The first-order chi connectivity index (χ1) is 12.5. The molecule has 0 saturated heterocycles. The molecule has 26 heavy (non-hydrogen) atoms. The number of rotatable bonds is 3. The number of ether oxygens (including phenoxy) is 3. The minimum Gasteiger partial charge on any atom is -0.497 e. The lowest BCUT2D eigenvalue weighted by atomic mass is 9.80. The van der Waals surface area contributed by atoms with Crippen LogP contribution in [-0.4, -0.2) is 26.8 Å². The van der Waals surface area contributed by atoms with Crippen LogP contribution in [0.2, 0.25) is 0 Å². The molecule has 0 fully saturated rings. The molecule has 0 spiro atoms. The second-order valence-electron chi connectivity index (χ2n) is 6.70. The number of aryl methyl sites for hydroxylation is 2. The van der Waals surface area contributed by atoms with Crippen molar-refractivity contribution < 1.29 is 19.0 Å². The van der Waals surface area contributed by atoms with Gasteiger partial charge in [-0.25, -0.2) is 4.79 Å². The number of carbonyl (C=O) groups is 1. The number of esters is 1. The number of carbonyl (C=O) groups excluding carboxylic acids is 1. The number of methoxy groups -OCH3 is 2. The smallest absolute Gasteiger partial charge is 0.337 e. The van der Waals surface area contributed by atoms with E-state index >= 15 is 0 Å². The Morgan fingerprint density at radius 2 is 1.65 bits per heavy atom. The largest absolute Gasteiger partial charge is 0.497 e. The standard InChI is InChI=1S/C21H21NO4/c1-11-5-16-17(6-12(11)2)22-18-10-26-21(23)20(18)19(16)13-7-14(24-3)9-15(8-13)25-4/h5-9,19,22H,10H2,1-4H3. The number of hydrogen-bond donors (Lipinski definition) is 1. The van der Waals surface area contributed by atoms with Gasteiger partial charge < -0.3 is 19.5 Å². The number of hydrogen-bond acceptors (Lipinski definition) is 5. The van der Waals surface area contributed by atoms with Gasteiger partial charge in [0.05, 0.1) is 25.5 Å². The van der Waals surface area contributed by atoms with E-state index in [0.717, 1.165) is 22.5 Å².